The van der Waals surface area contributed by atoms with Crippen LogP contribution >= 0.6 is 23.2 Å². The molecule has 0 fully saturated rings. The summed E-state index contributed by atoms with van der Waals surface area (Å²) in [4.78, 5) is 6.84. The van der Waals surface area contributed by atoms with E-state index in [0.29, 0.717) is 0 Å². The largest absolute Gasteiger partial charge is 0.345 e. The second kappa shape index (κ2) is 4.63. The van der Waals surface area contributed by atoms with Gasteiger partial charge in [-0.1, -0.05) is 36.4 Å². The van der Waals surface area contributed by atoms with Crippen molar-refractivity contribution in [3.63, 3.8) is 0 Å². The van der Waals surface area contributed by atoms with Crippen molar-refractivity contribution in [2.75, 3.05) is 0 Å². The molecule has 0 spiro atoms. The van der Waals surface area contributed by atoms with Crippen LogP contribution in [0, 0.1) is 0 Å². The van der Waals surface area contributed by atoms with Crippen molar-refractivity contribution in [3.8, 4) is 11.4 Å². The number of nitrogens with zero attached hydrogens (tertiary/aromatic N) is 1. The van der Waals surface area contributed by atoms with Crippen LogP contribution in [-0.4, -0.2) is 9.97 Å². The molecule has 0 aliphatic heterocycles. The van der Waals surface area contributed by atoms with Crippen LogP contribution in [0.25, 0.3) is 22.2 Å². The minimum absolute atomic E-state index is 0.574. The van der Waals surface area contributed by atoms with Gasteiger partial charge in [0, 0.05) is 18.0 Å². The van der Waals surface area contributed by atoms with E-state index in [1.807, 2.05) is 30.3 Å². The zero-order valence-electron chi connectivity index (χ0n) is 9.40. The topological polar surface area (TPSA) is 28.7 Å². The molecule has 2 nitrogen and oxygen atoms in total. The summed E-state index contributed by atoms with van der Waals surface area (Å²) in [7, 11) is 0. The lowest BCUT2D eigenvalue weighted by Crippen LogP contribution is -1.92. The SMILES string of the molecule is ClC(Cl)c1ccc2ccccc2c1-c1ncc[nH]1. The van der Waals surface area contributed by atoms with Crippen LogP contribution in [0.3, 0.4) is 0 Å². The maximum atomic E-state index is 6.05. The van der Waals surface area contributed by atoms with Gasteiger partial charge in [0.05, 0.1) is 0 Å². The summed E-state index contributed by atoms with van der Waals surface area (Å²) in [6, 6.07) is 12.1. The van der Waals surface area contributed by atoms with Gasteiger partial charge in [-0.05, 0) is 16.3 Å². The smallest absolute Gasteiger partial charge is 0.138 e. The molecule has 0 radical (unpaired) electrons. The lowest BCUT2D eigenvalue weighted by atomic mass is 9.99. The van der Waals surface area contributed by atoms with Gasteiger partial charge < -0.3 is 4.98 Å². The van der Waals surface area contributed by atoms with Gasteiger partial charge in [0.15, 0.2) is 0 Å². The number of aromatic amines is 1. The molecule has 2 aromatic carbocycles. The zero-order valence-corrected chi connectivity index (χ0v) is 10.9. The fraction of sp³-hybridized carbons (Fsp3) is 0.0714. The first-order valence-corrected chi connectivity index (χ1v) is 6.44. The van der Waals surface area contributed by atoms with Crippen LogP contribution in [0.4, 0.5) is 0 Å². The Morgan fingerprint density at radius 1 is 1.06 bits per heavy atom. The number of hydrogen-bond acceptors (Lipinski definition) is 1. The number of hydrogen-bond donors (Lipinski definition) is 1. The number of aromatic nitrogens is 2. The van der Waals surface area contributed by atoms with Gasteiger partial charge in [0.1, 0.15) is 10.7 Å². The van der Waals surface area contributed by atoms with Gasteiger partial charge in [0.25, 0.3) is 0 Å². The molecule has 0 aliphatic carbocycles. The summed E-state index contributed by atoms with van der Waals surface area (Å²) < 4.78 is 0. The first-order chi connectivity index (χ1) is 8.77. The Hall–Kier alpha value is -1.51. The predicted molar refractivity (Wildman–Crippen MR) is 76.0 cm³/mol. The number of nitrogens with one attached hydrogen (secondary N) is 1. The third-order valence-corrected chi connectivity index (χ3v) is 3.40. The Balaban J connectivity index is 2.40. The van der Waals surface area contributed by atoms with Crippen molar-refractivity contribution >= 4 is 34.0 Å². The van der Waals surface area contributed by atoms with Crippen molar-refractivity contribution in [1.29, 1.82) is 0 Å². The van der Waals surface area contributed by atoms with Crippen molar-refractivity contribution in [3.05, 3.63) is 54.4 Å². The molecule has 0 saturated carbocycles. The van der Waals surface area contributed by atoms with Crippen LogP contribution in [0.5, 0.6) is 0 Å². The maximum Gasteiger partial charge on any atom is 0.138 e. The Bertz CT molecular complexity index is 675. The summed E-state index contributed by atoms with van der Waals surface area (Å²) in [6.07, 6.45) is 3.51. The van der Waals surface area contributed by atoms with Crippen molar-refractivity contribution in [2.45, 2.75) is 4.84 Å². The van der Waals surface area contributed by atoms with E-state index in [4.69, 9.17) is 23.2 Å². The van der Waals surface area contributed by atoms with Gasteiger partial charge >= 0.3 is 0 Å². The highest BCUT2D eigenvalue weighted by atomic mass is 35.5. The van der Waals surface area contributed by atoms with Gasteiger partial charge in [-0.15, -0.1) is 23.2 Å². The normalized spacial score (nSPS) is 11.3. The third-order valence-electron chi connectivity index (χ3n) is 2.93. The number of fused-ring (bicyclic) bond motifs is 1. The maximum absolute atomic E-state index is 6.05. The predicted octanol–water partition coefficient (Wildman–Crippen LogP) is 4.71. The van der Waals surface area contributed by atoms with Crippen LogP contribution in [0.15, 0.2) is 48.8 Å². The van der Waals surface area contributed by atoms with E-state index in [1.54, 1.807) is 12.4 Å². The molecule has 0 bridgehead atoms. The Kier molecular flexibility index (Phi) is 2.98. The molecule has 1 N–H and O–H groups in total. The van der Waals surface area contributed by atoms with Gasteiger partial charge in [-0.25, -0.2) is 4.98 Å². The van der Waals surface area contributed by atoms with E-state index in [0.717, 1.165) is 27.7 Å². The Labute approximate surface area is 115 Å². The van der Waals surface area contributed by atoms with E-state index >= 15 is 0 Å². The van der Waals surface area contributed by atoms with Gasteiger partial charge in [0.2, 0.25) is 0 Å². The van der Waals surface area contributed by atoms with Crippen LogP contribution < -0.4 is 0 Å². The number of benzene rings is 2. The summed E-state index contributed by atoms with van der Waals surface area (Å²) in [6.45, 7) is 0. The molecule has 0 atom stereocenters. The van der Waals surface area contributed by atoms with Crippen molar-refractivity contribution < 1.29 is 0 Å². The van der Waals surface area contributed by atoms with Crippen LogP contribution in [0.2, 0.25) is 0 Å². The number of halogens is 2. The molecular formula is C14H10Cl2N2. The minimum Gasteiger partial charge on any atom is -0.345 e. The van der Waals surface area contributed by atoms with E-state index in [1.165, 1.54) is 0 Å². The molecule has 18 heavy (non-hydrogen) atoms. The van der Waals surface area contributed by atoms with E-state index in [-0.39, 0.29) is 0 Å². The standard InChI is InChI=1S/C14H10Cl2N2/c15-13(16)11-6-5-9-3-1-2-4-10(9)12(11)14-17-7-8-18-14/h1-8,13H,(H,17,18). The minimum atomic E-state index is -0.574. The molecule has 0 unspecified atom stereocenters. The Morgan fingerprint density at radius 2 is 1.89 bits per heavy atom. The summed E-state index contributed by atoms with van der Waals surface area (Å²) in [5.74, 6) is 0.785. The number of rotatable bonds is 2. The lowest BCUT2D eigenvalue weighted by molar-refractivity contribution is 1.27. The molecule has 1 aromatic heterocycles. The number of H-pyrrole nitrogens is 1. The third kappa shape index (κ3) is 1.88. The first kappa shape index (κ1) is 11.6. The summed E-state index contributed by atoms with van der Waals surface area (Å²) >= 11 is 12.1. The monoisotopic (exact) mass is 276 g/mol. The summed E-state index contributed by atoms with van der Waals surface area (Å²) in [5, 5.41) is 2.23. The molecule has 4 heteroatoms. The molecule has 3 aromatic rings. The average Bonchev–Trinajstić information content (AvgIpc) is 2.90. The van der Waals surface area contributed by atoms with Crippen molar-refractivity contribution in [1.82, 2.24) is 9.97 Å². The molecule has 3 rings (SSSR count). The first-order valence-electron chi connectivity index (χ1n) is 5.57. The molecule has 90 valence electrons. The molecule has 0 aliphatic rings. The fourth-order valence-corrected chi connectivity index (χ4v) is 2.50. The highest BCUT2D eigenvalue weighted by Crippen LogP contribution is 2.37. The number of alkyl halides is 2. The molecular weight excluding hydrogens is 267 g/mol. The quantitative estimate of drug-likeness (QED) is 0.675. The average molecular weight is 277 g/mol. The Morgan fingerprint density at radius 3 is 2.61 bits per heavy atom. The molecule has 1 heterocycles. The highest BCUT2D eigenvalue weighted by molar-refractivity contribution is 6.44. The fourth-order valence-electron chi connectivity index (χ4n) is 2.14. The lowest BCUT2D eigenvalue weighted by Gasteiger charge is -2.11. The van der Waals surface area contributed by atoms with Crippen LogP contribution in [0.1, 0.15) is 10.4 Å². The van der Waals surface area contributed by atoms with Gasteiger partial charge in [-0.3, -0.25) is 0 Å². The number of imidazole rings is 1. The zero-order chi connectivity index (χ0) is 12.5. The second-order valence-corrected chi connectivity index (χ2v) is 5.09. The van der Waals surface area contributed by atoms with E-state index in [2.05, 4.69) is 16.0 Å². The van der Waals surface area contributed by atoms with Crippen LogP contribution in [-0.2, 0) is 0 Å². The molecule has 0 amide bonds. The summed E-state index contributed by atoms with van der Waals surface area (Å²) in [5.41, 5.74) is 1.83. The van der Waals surface area contributed by atoms with E-state index in [9.17, 15) is 0 Å². The van der Waals surface area contributed by atoms with E-state index < -0.39 is 4.84 Å². The van der Waals surface area contributed by atoms with Crippen molar-refractivity contribution in [2.24, 2.45) is 0 Å². The highest BCUT2D eigenvalue weighted by Gasteiger charge is 2.16. The molecule has 0 saturated heterocycles. The second-order valence-electron chi connectivity index (χ2n) is 3.99. The van der Waals surface area contributed by atoms with Gasteiger partial charge in [-0.2, -0.15) is 0 Å².